The quantitative estimate of drug-likeness (QED) is 0.583. The zero-order valence-corrected chi connectivity index (χ0v) is 9.74. The highest BCUT2D eigenvalue weighted by Gasteiger charge is 2.33. The zero-order chi connectivity index (χ0) is 12.0. The van der Waals surface area contributed by atoms with Crippen LogP contribution in [-0.4, -0.2) is 41.4 Å². The average Bonchev–Trinajstić information content (AvgIpc) is 2.29. The molecule has 0 aromatic rings. The van der Waals surface area contributed by atoms with Gasteiger partial charge in [0.05, 0.1) is 13.2 Å². The van der Waals surface area contributed by atoms with Crippen LogP contribution in [0.4, 0.5) is 4.79 Å². The van der Waals surface area contributed by atoms with E-state index in [-0.39, 0.29) is 12.6 Å². The molecule has 0 bridgehead atoms. The van der Waals surface area contributed by atoms with Gasteiger partial charge < -0.3 is 14.7 Å². The summed E-state index contributed by atoms with van der Waals surface area (Å²) >= 11 is 0. The SMILES string of the molecule is C#CC1(O)CCCN(C(=O)OCCCC)C1. The van der Waals surface area contributed by atoms with Gasteiger partial charge in [-0.2, -0.15) is 0 Å². The second kappa shape index (κ2) is 5.76. The summed E-state index contributed by atoms with van der Waals surface area (Å²) in [4.78, 5) is 13.1. The van der Waals surface area contributed by atoms with Crippen LogP contribution in [-0.2, 0) is 4.74 Å². The fourth-order valence-corrected chi connectivity index (χ4v) is 1.70. The van der Waals surface area contributed by atoms with Gasteiger partial charge in [0, 0.05) is 6.54 Å². The summed E-state index contributed by atoms with van der Waals surface area (Å²) in [5.74, 6) is 2.34. The van der Waals surface area contributed by atoms with Crippen molar-refractivity contribution in [1.29, 1.82) is 0 Å². The number of carbonyl (C=O) groups is 1. The first-order valence-electron chi connectivity index (χ1n) is 5.73. The minimum Gasteiger partial charge on any atom is -0.449 e. The van der Waals surface area contributed by atoms with Gasteiger partial charge in [-0.25, -0.2) is 4.79 Å². The Labute approximate surface area is 96.6 Å². The molecule has 0 radical (unpaired) electrons. The molecule has 1 heterocycles. The van der Waals surface area contributed by atoms with Gasteiger partial charge in [-0.1, -0.05) is 19.3 Å². The summed E-state index contributed by atoms with van der Waals surface area (Å²) in [6.07, 6.45) is 7.97. The van der Waals surface area contributed by atoms with Crippen molar-refractivity contribution in [3.05, 3.63) is 0 Å². The Bertz CT molecular complexity index is 284. The molecule has 1 atom stereocenters. The minimum atomic E-state index is -1.18. The molecule has 1 aliphatic rings. The molecule has 4 nitrogen and oxygen atoms in total. The first kappa shape index (κ1) is 12.9. The van der Waals surface area contributed by atoms with Gasteiger partial charge in [-0.3, -0.25) is 0 Å². The molecule has 1 rings (SSSR count). The van der Waals surface area contributed by atoms with Crippen LogP contribution >= 0.6 is 0 Å². The maximum Gasteiger partial charge on any atom is 0.409 e. The number of hydrogen-bond donors (Lipinski definition) is 1. The van der Waals surface area contributed by atoms with Crippen LogP contribution in [0.1, 0.15) is 32.6 Å². The van der Waals surface area contributed by atoms with Gasteiger partial charge >= 0.3 is 6.09 Å². The maximum absolute atomic E-state index is 11.6. The van der Waals surface area contributed by atoms with E-state index in [9.17, 15) is 9.90 Å². The third-order valence-electron chi connectivity index (χ3n) is 2.72. The van der Waals surface area contributed by atoms with E-state index in [2.05, 4.69) is 5.92 Å². The molecule has 0 saturated carbocycles. The van der Waals surface area contributed by atoms with Crippen molar-refractivity contribution in [1.82, 2.24) is 4.90 Å². The fraction of sp³-hybridized carbons (Fsp3) is 0.750. The van der Waals surface area contributed by atoms with Crippen molar-refractivity contribution in [3.8, 4) is 12.3 Å². The van der Waals surface area contributed by atoms with E-state index >= 15 is 0 Å². The van der Waals surface area contributed by atoms with Crippen LogP contribution in [0.3, 0.4) is 0 Å². The molecule has 1 amide bonds. The number of ether oxygens (including phenoxy) is 1. The van der Waals surface area contributed by atoms with Crippen LogP contribution < -0.4 is 0 Å². The number of unbranched alkanes of at least 4 members (excludes halogenated alkanes) is 1. The lowest BCUT2D eigenvalue weighted by atomic mass is 9.94. The van der Waals surface area contributed by atoms with Crippen molar-refractivity contribution in [2.24, 2.45) is 0 Å². The number of β-amino-alcohol motifs (C(OH)–C–C–N with tert-alkyl or cyclic N) is 1. The summed E-state index contributed by atoms with van der Waals surface area (Å²) < 4.78 is 5.07. The number of aliphatic hydroxyl groups is 1. The molecule has 0 spiro atoms. The third kappa shape index (κ3) is 3.42. The van der Waals surface area contributed by atoms with Crippen molar-refractivity contribution in [2.75, 3.05) is 19.7 Å². The van der Waals surface area contributed by atoms with Crippen LogP contribution in [0.25, 0.3) is 0 Å². The van der Waals surface area contributed by atoms with Gasteiger partial charge in [0.2, 0.25) is 0 Å². The molecule has 1 unspecified atom stereocenters. The molecular formula is C12H19NO3. The summed E-state index contributed by atoms with van der Waals surface area (Å²) in [5.41, 5.74) is -1.18. The van der Waals surface area contributed by atoms with Crippen molar-refractivity contribution in [3.63, 3.8) is 0 Å². The fourth-order valence-electron chi connectivity index (χ4n) is 1.70. The highest BCUT2D eigenvalue weighted by Crippen LogP contribution is 2.20. The van der Waals surface area contributed by atoms with E-state index in [4.69, 9.17) is 11.2 Å². The number of terminal acetylenes is 1. The number of carbonyl (C=O) groups excluding carboxylic acids is 1. The summed E-state index contributed by atoms with van der Waals surface area (Å²) in [7, 11) is 0. The molecule has 1 saturated heterocycles. The molecular weight excluding hydrogens is 206 g/mol. The van der Waals surface area contributed by atoms with E-state index in [0.29, 0.717) is 26.0 Å². The van der Waals surface area contributed by atoms with Crippen LogP contribution in [0.2, 0.25) is 0 Å². The van der Waals surface area contributed by atoms with E-state index in [0.717, 1.165) is 12.8 Å². The number of amides is 1. The second-order valence-corrected chi connectivity index (χ2v) is 4.17. The Kier molecular flexibility index (Phi) is 4.63. The van der Waals surface area contributed by atoms with E-state index in [1.807, 2.05) is 6.92 Å². The first-order chi connectivity index (χ1) is 7.61. The summed E-state index contributed by atoms with van der Waals surface area (Å²) in [5, 5.41) is 9.89. The normalized spacial score (nSPS) is 24.9. The highest BCUT2D eigenvalue weighted by molar-refractivity contribution is 5.68. The Morgan fingerprint density at radius 3 is 3.06 bits per heavy atom. The highest BCUT2D eigenvalue weighted by atomic mass is 16.6. The Hall–Kier alpha value is -1.21. The van der Waals surface area contributed by atoms with Crippen LogP contribution in [0, 0.1) is 12.3 Å². The molecule has 0 aromatic heterocycles. The van der Waals surface area contributed by atoms with E-state index < -0.39 is 5.60 Å². The molecule has 1 aliphatic heterocycles. The Morgan fingerprint density at radius 2 is 2.44 bits per heavy atom. The molecule has 90 valence electrons. The lowest BCUT2D eigenvalue weighted by Gasteiger charge is -2.35. The number of piperidine rings is 1. The van der Waals surface area contributed by atoms with Gasteiger partial charge in [0.15, 0.2) is 0 Å². The lowest BCUT2D eigenvalue weighted by molar-refractivity contribution is 0.0107. The number of nitrogens with zero attached hydrogens (tertiary/aromatic N) is 1. The number of hydrogen-bond acceptors (Lipinski definition) is 3. The topological polar surface area (TPSA) is 49.8 Å². The Morgan fingerprint density at radius 1 is 1.69 bits per heavy atom. The molecule has 0 aromatic carbocycles. The van der Waals surface area contributed by atoms with Gasteiger partial charge in [0.25, 0.3) is 0 Å². The molecule has 0 aliphatic carbocycles. The summed E-state index contributed by atoms with van der Waals surface area (Å²) in [6, 6.07) is 0. The smallest absolute Gasteiger partial charge is 0.409 e. The first-order valence-corrected chi connectivity index (χ1v) is 5.73. The number of likely N-dealkylation sites (tertiary alicyclic amines) is 1. The van der Waals surface area contributed by atoms with Crippen molar-refractivity contribution in [2.45, 2.75) is 38.2 Å². The molecule has 4 heteroatoms. The standard InChI is InChI=1S/C12H19NO3/c1-3-5-9-16-11(14)13-8-6-7-12(15,4-2)10-13/h2,15H,3,5-10H2,1H3. The van der Waals surface area contributed by atoms with Gasteiger partial charge in [-0.15, -0.1) is 6.42 Å². The Balaban J connectivity index is 2.42. The van der Waals surface area contributed by atoms with Crippen molar-refractivity contribution < 1.29 is 14.6 Å². The lowest BCUT2D eigenvalue weighted by Crippen LogP contribution is -2.49. The zero-order valence-electron chi connectivity index (χ0n) is 9.74. The largest absolute Gasteiger partial charge is 0.449 e. The predicted molar refractivity (Wildman–Crippen MR) is 60.8 cm³/mol. The molecule has 1 N–H and O–H groups in total. The predicted octanol–water partition coefficient (Wildman–Crippen LogP) is 1.38. The minimum absolute atomic E-state index is 0.175. The third-order valence-corrected chi connectivity index (χ3v) is 2.72. The van der Waals surface area contributed by atoms with Crippen LogP contribution in [0.15, 0.2) is 0 Å². The van der Waals surface area contributed by atoms with Gasteiger partial charge in [0.1, 0.15) is 5.60 Å². The maximum atomic E-state index is 11.6. The monoisotopic (exact) mass is 225 g/mol. The van der Waals surface area contributed by atoms with E-state index in [1.165, 1.54) is 4.90 Å². The van der Waals surface area contributed by atoms with Gasteiger partial charge in [-0.05, 0) is 19.3 Å². The molecule has 1 fully saturated rings. The number of rotatable bonds is 3. The second-order valence-electron chi connectivity index (χ2n) is 4.17. The summed E-state index contributed by atoms with van der Waals surface area (Å²) in [6.45, 7) is 3.25. The molecule has 16 heavy (non-hydrogen) atoms. The van der Waals surface area contributed by atoms with E-state index in [1.54, 1.807) is 0 Å². The average molecular weight is 225 g/mol. The van der Waals surface area contributed by atoms with Crippen molar-refractivity contribution >= 4 is 6.09 Å². The van der Waals surface area contributed by atoms with Crippen LogP contribution in [0.5, 0.6) is 0 Å².